The van der Waals surface area contributed by atoms with E-state index in [0.29, 0.717) is 0 Å². The van der Waals surface area contributed by atoms with Gasteiger partial charge >= 0.3 is 0 Å². The Morgan fingerprint density at radius 3 is 2.94 bits per heavy atom. The van der Waals surface area contributed by atoms with Crippen molar-refractivity contribution in [3.63, 3.8) is 0 Å². The number of benzene rings is 1. The fourth-order valence-corrected chi connectivity index (χ4v) is 2.25. The van der Waals surface area contributed by atoms with Gasteiger partial charge in [-0.15, -0.1) is 11.3 Å². The van der Waals surface area contributed by atoms with Crippen LogP contribution < -0.4 is 5.73 Å². The molecule has 0 radical (unpaired) electrons. The second kappa shape index (κ2) is 3.31. The van der Waals surface area contributed by atoms with Gasteiger partial charge in [-0.05, 0) is 12.1 Å². The van der Waals surface area contributed by atoms with Gasteiger partial charge in [0.05, 0.1) is 11.4 Å². The molecule has 0 amide bonds. The van der Waals surface area contributed by atoms with E-state index in [2.05, 4.69) is 9.97 Å². The Balaban J connectivity index is 2.23. The standard InChI is InChI=1S/C11H8FN3S/c12-7-5-9-6(3-8(7)13)4-10(15-9)11-14-1-2-16-11/h1-5,15H,13H2. The Hall–Kier alpha value is -1.88. The number of hydrogen-bond acceptors (Lipinski definition) is 3. The Bertz CT molecular complexity index is 604. The average molecular weight is 233 g/mol. The highest BCUT2D eigenvalue weighted by atomic mass is 32.1. The molecule has 0 bridgehead atoms. The molecule has 5 heteroatoms. The molecule has 80 valence electrons. The first-order valence-corrected chi connectivity index (χ1v) is 5.59. The molecule has 3 aromatic rings. The predicted molar refractivity (Wildman–Crippen MR) is 63.8 cm³/mol. The van der Waals surface area contributed by atoms with Gasteiger partial charge in [-0.25, -0.2) is 9.37 Å². The van der Waals surface area contributed by atoms with E-state index < -0.39 is 5.82 Å². The predicted octanol–water partition coefficient (Wildman–Crippen LogP) is 3.01. The summed E-state index contributed by atoms with van der Waals surface area (Å²) in [4.78, 5) is 7.31. The molecule has 0 aliphatic carbocycles. The number of H-pyrrole nitrogens is 1. The highest BCUT2D eigenvalue weighted by Gasteiger charge is 2.07. The lowest BCUT2D eigenvalue weighted by molar-refractivity contribution is 0.634. The van der Waals surface area contributed by atoms with E-state index >= 15 is 0 Å². The van der Waals surface area contributed by atoms with Gasteiger partial charge < -0.3 is 10.7 Å². The van der Waals surface area contributed by atoms with Crippen molar-refractivity contribution in [2.45, 2.75) is 0 Å². The third kappa shape index (κ3) is 1.37. The first-order chi connectivity index (χ1) is 7.74. The number of fused-ring (bicyclic) bond motifs is 1. The topological polar surface area (TPSA) is 54.7 Å². The van der Waals surface area contributed by atoms with Crippen LogP contribution in [0.4, 0.5) is 10.1 Å². The third-order valence-electron chi connectivity index (χ3n) is 2.40. The van der Waals surface area contributed by atoms with Gasteiger partial charge in [-0.2, -0.15) is 0 Å². The molecule has 3 N–H and O–H groups in total. The van der Waals surface area contributed by atoms with Crippen molar-refractivity contribution >= 4 is 27.9 Å². The summed E-state index contributed by atoms with van der Waals surface area (Å²) in [6.07, 6.45) is 1.74. The van der Waals surface area contributed by atoms with Crippen molar-refractivity contribution in [1.82, 2.24) is 9.97 Å². The summed E-state index contributed by atoms with van der Waals surface area (Å²) in [5.74, 6) is -0.403. The maximum absolute atomic E-state index is 13.2. The number of aromatic amines is 1. The van der Waals surface area contributed by atoms with Crippen molar-refractivity contribution in [2.24, 2.45) is 0 Å². The summed E-state index contributed by atoms with van der Waals surface area (Å²) < 4.78 is 13.2. The number of hydrogen-bond donors (Lipinski definition) is 2. The molecule has 2 aromatic heterocycles. The largest absolute Gasteiger partial charge is 0.396 e. The number of thiazole rings is 1. The zero-order chi connectivity index (χ0) is 11.1. The molecule has 3 rings (SSSR count). The minimum Gasteiger partial charge on any atom is -0.396 e. The highest BCUT2D eigenvalue weighted by Crippen LogP contribution is 2.27. The molecule has 0 saturated carbocycles. The van der Waals surface area contributed by atoms with Crippen LogP contribution in [0.25, 0.3) is 21.6 Å². The van der Waals surface area contributed by atoms with Crippen LogP contribution >= 0.6 is 11.3 Å². The van der Waals surface area contributed by atoms with Crippen molar-refractivity contribution in [1.29, 1.82) is 0 Å². The third-order valence-corrected chi connectivity index (χ3v) is 3.21. The molecule has 0 atom stereocenters. The van der Waals surface area contributed by atoms with Crippen molar-refractivity contribution < 1.29 is 4.39 Å². The molecule has 0 unspecified atom stereocenters. The Morgan fingerprint density at radius 1 is 1.31 bits per heavy atom. The fraction of sp³-hybridized carbons (Fsp3) is 0. The van der Waals surface area contributed by atoms with Crippen LogP contribution in [-0.4, -0.2) is 9.97 Å². The quantitative estimate of drug-likeness (QED) is 0.635. The SMILES string of the molecule is Nc1cc2cc(-c3nccs3)[nH]c2cc1F. The summed E-state index contributed by atoms with van der Waals surface area (Å²) in [6.45, 7) is 0. The van der Waals surface area contributed by atoms with Crippen LogP contribution in [0.2, 0.25) is 0 Å². The first kappa shape index (κ1) is 9.35. The monoisotopic (exact) mass is 233 g/mol. The van der Waals surface area contributed by atoms with Crippen LogP contribution in [0, 0.1) is 5.82 Å². The van der Waals surface area contributed by atoms with Gasteiger partial charge in [0.1, 0.15) is 10.8 Å². The van der Waals surface area contributed by atoms with Crippen LogP contribution in [0.15, 0.2) is 29.8 Å². The van der Waals surface area contributed by atoms with E-state index in [1.165, 1.54) is 17.4 Å². The lowest BCUT2D eigenvalue weighted by Gasteiger charge is -1.95. The second-order valence-corrected chi connectivity index (χ2v) is 4.38. The lowest BCUT2D eigenvalue weighted by Crippen LogP contribution is -1.88. The summed E-state index contributed by atoms with van der Waals surface area (Å²) in [7, 11) is 0. The van der Waals surface area contributed by atoms with Gasteiger partial charge in [-0.1, -0.05) is 0 Å². The van der Waals surface area contributed by atoms with Crippen molar-refractivity contribution in [2.75, 3.05) is 5.73 Å². The van der Waals surface area contributed by atoms with E-state index in [9.17, 15) is 4.39 Å². The van der Waals surface area contributed by atoms with Crippen LogP contribution in [0.5, 0.6) is 0 Å². The maximum atomic E-state index is 13.2. The number of nitrogen functional groups attached to an aromatic ring is 1. The smallest absolute Gasteiger partial charge is 0.148 e. The van der Waals surface area contributed by atoms with Crippen LogP contribution in [0.1, 0.15) is 0 Å². The van der Waals surface area contributed by atoms with Gasteiger partial charge in [-0.3, -0.25) is 0 Å². The Labute approximate surface area is 94.7 Å². The van der Waals surface area contributed by atoms with Gasteiger partial charge in [0, 0.05) is 28.5 Å². The van der Waals surface area contributed by atoms with E-state index in [1.807, 2.05) is 11.4 Å². The highest BCUT2D eigenvalue weighted by molar-refractivity contribution is 7.13. The number of halogens is 1. The molecule has 16 heavy (non-hydrogen) atoms. The summed E-state index contributed by atoms with van der Waals surface area (Å²) in [5.41, 5.74) is 7.29. The van der Waals surface area contributed by atoms with Gasteiger partial charge in [0.25, 0.3) is 0 Å². The molecule has 0 fully saturated rings. The van der Waals surface area contributed by atoms with E-state index in [4.69, 9.17) is 5.73 Å². The number of nitrogens with two attached hydrogens (primary N) is 1. The number of aromatic nitrogens is 2. The second-order valence-electron chi connectivity index (χ2n) is 3.48. The van der Waals surface area contributed by atoms with Crippen molar-refractivity contribution in [3.8, 4) is 10.7 Å². The summed E-state index contributed by atoms with van der Waals surface area (Å²) in [6, 6.07) is 4.95. The average Bonchev–Trinajstić information content (AvgIpc) is 2.86. The number of nitrogens with one attached hydrogen (secondary N) is 1. The molecule has 3 nitrogen and oxygen atoms in total. The fourth-order valence-electron chi connectivity index (χ4n) is 1.64. The van der Waals surface area contributed by atoms with Crippen molar-refractivity contribution in [3.05, 3.63) is 35.6 Å². The minimum atomic E-state index is -0.403. The normalized spacial score (nSPS) is 11.1. The molecular formula is C11H8FN3S. The van der Waals surface area contributed by atoms with E-state index in [1.54, 1.807) is 12.3 Å². The maximum Gasteiger partial charge on any atom is 0.148 e. The molecule has 1 aromatic carbocycles. The Morgan fingerprint density at radius 2 is 2.19 bits per heavy atom. The molecular weight excluding hydrogens is 225 g/mol. The number of anilines is 1. The molecule has 0 spiro atoms. The number of nitrogens with zero attached hydrogens (tertiary/aromatic N) is 1. The molecule has 0 aliphatic rings. The summed E-state index contributed by atoms with van der Waals surface area (Å²) in [5, 5.41) is 3.68. The van der Waals surface area contributed by atoms with E-state index in [0.717, 1.165) is 21.6 Å². The summed E-state index contributed by atoms with van der Waals surface area (Å²) >= 11 is 1.53. The minimum absolute atomic E-state index is 0.164. The lowest BCUT2D eigenvalue weighted by atomic mass is 10.2. The molecule has 2 heterocycles. The first-order valence-electron chi connectivity index (χ1n) is 4.71. The zero-order valence-corrected chi connectivity index (χ0v) is 9.01. The molecule has 0 aliphatic heterocycles. The van der Waals surface area contributed by atoms with Gasteiger partial charge in [0.2, 0.25) is 0 Å². The Kier molecular flexibility index (Phi) is 1.94. The van der Waals surface area contributed by atoms with Gasteiger partial charge in [0.15, 0.2) is 0 Å². The zero-order valence-electron chi connectivity index (χ0n) is 8.20. The van der Waals surface area contributed by atoms with E-state index in [-0.39, 0.29) is 5.69 Å². The number of rotatable bonds is 1. The van der Waals surface area contributed by atoms with Crippen LogP contribution in [-0.2, 0) is 0 Å². The van der Waals surface area contributed by atoms with Crippen LogP contribution in [0.3, 0.4) is 0 Å². The molecule has 0 saturated heterocycles.